The van der Waals surface area contributed by atoms with E-state index >= 15 is 0 Å². The average Bonchev–Trinajstić information content (AvgIpc) is 2.95. The maximum atomic E-state index is 12.4. The molecule has 0 unspecified atom stereocenters. The number of carbonyl (C=O) groups is 1. The predicted octanol–water partition coefficient (Wildman–Crippen LogP) is 1.78. The maximum absolute atomic E-state index is 12.4. The summed E-state index contributed by atoms with van der Waals surface area (Å²) in [6.45, 7) is 2.14. The van der Waals surface area contributed by atoms with Crippen LogP contribution in [0.3, 0.4) is 0 Å². The summed E-state index contributed by atoms with van der Waals surface area (Å²) in [5, 5.41) is 33.4. The summed E-state index contributed by atoms with van der Waals surface area (Å²) >= 11 is 0. The first-order valence-corrected chi connectivity index (χ1v) is 15.3. The number of aromatic hydroxyl groups is 1. The van der Waals surface area contributed by atoms with E-state index in [1.54, 1.807) is 4.90 Å². The molecule has 0 spiro atoms. The number of phenols is 1. The number of nitrogens with one attached hydrogen (secondary N) is 3. The van der Waals surface area contributed by atoms with Crippen LogP contribution in [0.15, 0.2) is 67.3 Å². The summed E-state index contributed by atoms with van der Waals surface area (Å²) in [6, 6.07) is 7.75. The van der Waals surface area contributed by atoms with Gasteiger partial charge in [-0.3, -0.25) is 14.1 Å². The number of hydrogen-bond donors (Lipinski definition) is 7. The monoisotopic (exact) mass is 646 g/mol. The Morgan fingerprint density at radius 1 is 0.977 bits per heavy atom. The van der Waals surface area contributed by atoms with Gasteiger partial charge in [-0.1, -0.05) is 12.1 Å². The third-order valence-electron chi connectivity index (χ3n) is 6.38. The zero-order valence-corrected chi connectivity index (χ0v) is 23.8. The molecule has 0 atom stereocenters. The molecule has 20 heteroatoms. The first-order valence-electron chi connectivity index (χ1n) is 12.5. The number of carboxylic acid groups (broad SMARTS) is 1. The number of carboxylic acids is 1. The number of nitrogens with zero attached hydrogens (tertiary/aromatic N) is 5. The zero-order chi connectivity index (χ0) is 31.8. The van der Waals surface area contributed by atoms with Crippen LogP contribution in [0.4, 0.5) is 29.0 Å². The van der Waals surface area contributed by atoms with Crippen molar-refractivity contribution in [2.75, 3.05) is 36.4 Å². The topological polar surface area (TPSA) is 277 Å². The minimum atomic E-state index is -5.16. The van der Waals surface area contributed by atoms with Crippen molar-refractivity contribution in [3.8, 4) is 5.75 Å². The highest BCUT2D eigenvalue weighted by Crippen LogP contribution is 2.45. The van der Waals surface area contributed by atoms with Gasteiger partial charge in [0.15, 0.2) is 5.75 Å². The number of H-pyrrole nitrogens is 1. The van der Waals surface area contributed by atoms with E-state index in [1.165, 1.54) is 24.3 Å². The second-order valence-electron chi connectivity index (χ2n) is 9.28. The van der Waals surface area contributed by atoms with E-state index in [-0.39, 0.29) is 39.6 Å². The fourth-order valence-corrected chi connectivity index (χ4v) is 5.61. The Bertz CT molecular complexity index is 2110. The van der Waals surface area contributed by atoms with E-state index in [1.807, 2.05) is 0 Å². The Kier molecular flexibility index (Phi) is 8.01. The molecule has 44 heavy (non-hydrogen) atoms. The maximum Gasteiger partial charge on any atom is 0.351 e. The van der Waals surface area contributed by atoms with E-state index in [2.05, 4.69) is 35.8 Å². The molecular weight excluding hydrogens is 624 g/mol. The number of phenolic OH excluding ortho intramolecular Hbond substituents is 1. The number of rotatable bonds is 8. The summed E-state index contributed by atoms with van der Waals surface area (Å²) in [4.78, 5) is 34.3. The third-order valence-corrected chi connectivity index (χ3v) is 8.08. The van der Waals surface area contributed by atoms with Crippen molar-refractivity contribution < 1.29 is 40.9 Å². The van der Waals surface area contributed by atoms with Gasteiger partial charge >= 0.3 is 11.7 Å². The van der Waals surface area contributed by atoms with Crippen LogP contribution in [0.5, 0.6) is 5.75 Å². The predicted molar refractivity (Wildman–Crippen MR) is 154 cm³/mol. The van der Waals surface area contributed by atoms with Crippen LogP contribution < -0.4 is 21.2 Å². The lowest BCUT2D eigenvalue weighted by atomic mass is 10.1. The zero-order valence-electron chi connectivity index (χ0n) is 22.2. The lowest BCUT2D eigenvalue weighted by Crippen LogP contribution is -2.45. The second-order valence-corrected chi connectivity index (χ2v) is 12.1. The van der Waals surface area contributed by atoms with E-state index in [0.29, 0.717) is 26.2 Å². The summed E-state index contributed by atoms with van der Waals surface area (Å²) in [5.74, 6) is -2.54. The first-order chi connectivity index (χ1) is 20.7. The number of aromatic carboxylic acids is 1. The first kappa shape index (κ1) is 30.4. The van der Waals surface area contributed by atoms with Crippen molar-refractivity contribution in [1.29, 1.82) is 0 Å². The van der Waals surface area contributed by atoms with Gasteiger partial charge in [0.2, 0.25) is 11.9 Å². The molecule has 0 radical (unpaired) electrons. The number of benzene rings is 3. The SMILES string of the molecule is O=C(O)c1ccccc1N=Nc1c(S(=O)(=O)O)cc2cc(S(=O)(=O)O)cc(Nc3nc(N4CCNCC4)nc(=O)[nH]3)c2c1O. The Balaban J connectivity index is 1.74. The molecule has 0 bridgehead atoms. The van der Waals surface area contributed by atoms with Crippen molar-refractivity contribution in [3.63, 3.8) is 0 Å². The summed E-state index contributed by atoms with van der Waals surface area (Å²) in [7, 11) is -10.1. The lowest BCUT2D eigenvalue weighted by Gasteiger charge is -2.27. The molecule has 18 nitrogen and oxygen atoms in total. The largest absolute Gasteiger partial charge is 0.505 e. The number of anilines is 3. The Labute approximate surface area is 247 Å². The average molecular weight is 647 g/mol. The molecule has 1 aliphatic heterocycles. The number of aromatic nitrogens is 3. The quantitative estimate of drug-likeness (QED) is 0.106. The number of fused-ring (bicyclic) bond motifs is 1. The summed E-state index contributed by atoms with van der Waals surface area (Å²) in [6.07, 6.45) is 0. The van der Waals surface area contributed by atoms with Crippen LogP contribution in [-0.4, -0.2) is 83.3 Å². The standard InChI is InChI=1S/C24H22N8O10S2/c33-20-18-12(10-17(44(40,41)42)19(20)31-30-15-4-2-1-3-14(15)21(34)35)9-13(43(37,38)39)11-16(18)26-22-27-23(29-24(36)28-22)32-7-5-25-6-8-32/h1-4,9-11,25,33H,5-8H2,(H,34,35)(H,37,38,39)(H,40,41,42)(H2,26,27,28,29,36). The smallest absolute Gasteiger partial charge is 0.351 e. The van der Waals surface area contributed by atoms with Gasteiger partial charge < -0.3 is 25.7 Å². The number of hydrogen-bond acceptors (Lipinski definition) is 14. The van der Waals surface area contributed by atoms with Gasteiger partial charge in [0.05, 0.1) is 16.1 Å². The Morgan fingerprint density at radius 3 is 2.34 bits per heavy atom. The number of aromatic amines is 1. The highest BCUT2D eigenvalue weighted by molar-refractivity contribution is 7.86. The van der Waals surface area contributed by atoms with Crippen LogP contribution in [0.25, 0.3) is 10.8 Å². The van der Waals surface area contributed by atoms with Crippen molar-refractivity contribution in [1.82, 2.24) is 20.3 Å². The molecule has 0 aliphatic carbocycles. The number of azo groups is 1. The van der Waals surface area contributed by atoms with Gasteiger partial charge in [-0.05, 0) is 35.7 Å². The summed E-state index contributed by atoms with van der Waals surface area (Å²) in [5.41, 5.74) is -2.49. The molecule has 2 heterocycles. The van der Waals surface area contributed by atoms with Gasteiger partial charge in [0.25, 0.3) is 20.2 Å². The molecule has 4 aromatic rings. The second kappa shape index (κ2) is 11.6. The van der Waals surface area contributed by atoms with E-state index in [9.17, 15) is 45.7 Å². The fourth-order valence-electron chi connectivity index (χ4n) is 4.41. The summed E-state index contributed by atoms with van der Waals surface area (Å²) < 4.78 is 68.5. The Morgan fingerprint density at radius 2 is 1.68 bits per heavy atom. The highest BCUT2D eigenvalue weighted by Gasteiger charge is 2.26. The molecular formula is C24H22N8O10S2. The molecule has 230 valence electrons. The van der Waals surface area contributed by atoms with Crippen LogP contribution in [0.1, 0.15) is 10.4 Å². The van der Waals surface area contributed by atoms with Gasteiger partial charge in [0, 0.05) is 31.6 Å². The van der Waals surface area contributed by atoms with Crippen LogP contribution in [0, 0.1) is 0 Å². The molecule has 0 saturated carbocycles. The molecule has 3 aromatic carbocycles. The van der Waals surface area contributed by atoms with Crippen LogP contribution in [0.2, 0.25) is 0 Å². The van der Waals surface area contributed by atoms with Gasteiger partial charge in [-0.25, -0.2) is 9.59 Å². The molecule has 1 aromatic heterocycles. The van der Waals surface area contributed by atoms with Gasteiger partial charge in [-0.15, -0.1) is 10.2 Å². The fraction of sp³-hybridized carbons (Fsp3) is 0.167. The molecule has 1 aliphatic rings. The Hall–Kier alpha value is -5.02. The van der Waals surface area contributed by atoms with Crippen molar-refractivity contribution in [3.05, 3.63) is 58.5 Å². The van der Waals surface area contributed by atoms with Crippen LogP contribution >= 0.6 is 0 Å². The van der Waals surface area contributed by atoms with Crippen molar-refractivity contribution >= 4 is 65.9 Å². The van der Waals surface area contributed by atoms with Gasteiger partial charge in [-0.2, -0.15) is 26.8 Å². The molecule has 0 amide bonds. The van der Waals surface area contributed by atoms with E-state index in [4.69, 9.17) is 0 Å². The van der Waals surface area contributed by atoms with E-state index < -0.39 is 53.1 Å². The molecule has 7 N–H and O–H groups in total. The minimum Gasteiger partial charge on any atom is -0.505 e. The van der Waals surface area contributed by atoms with E-state index in [0.717, 1.165) is 18.2 Å². The van der Waals surface area contributed by atoms with Crippen molar-refractivity contribution in [2.45, 2.75) is 9.79 Å². The normalized spacial score (nSPS) is 14.3. The van der Waals surface area contributed by atoms with Crippen LogP contribution in [-0.2, 0) is 20.2 Å². The molecule has 1 fully saturated rings. The van der Waals surface area contributed by atoms with Gasteiger partial charge in [0.1, 0.15) is 16.3 Å². The molecule has 1 saturated heterocycles. The minimum absolute atomic E-state index is 0.0393. The molecule has 5 rings (SSSR count). The lowest BCUT2D eigenvalue weighted by molar-refractivity contribution is 0.0697. The highest BCUT2D eigenvalue weighted by atomic mass is 32.2. The third kappa shape index (κ3) is 6.33. The number of piperazine rings is 1. The van der Waals surface area contributed by atoms with Crippen molar-refractivity contribution in [2.24, 2.45) is 10.2 Å².